The first-order valence-corrected chi connectivity index (χ1v) is 15.3. The van der Waals surface area contributed by atoms with E-state index in [9.17, 15) is 18.0 Å². The zero-order chi connectivity index (χ0) is 29.4. The number of amides is 2. The molecule has 0 aliphatic carbocycles. The molecule has 0 saturated heterocycles. The SMILES string of the molecule is CC[C@@H](C(=O)NCC(C)C)N(Cc1ccc(C)cc1)C(=O)CN(c1cccc(Cl)c1)S(=O)(=O)c1ccc(Cl)cc1. The molecule has 0 fully saturated rings. The molecule has 0 saturated carbocycles. The number of carbonyl (C=O) groups is 2. The van der Waals surface area contributed by atoms with Gasteiger partial charge in [-0.3, -0.25) is 13.9 Å². The van der Waals surface area contributed by atoms with Crippen LogP contribution in [0, 0.1) is 12.8 Å². The fourth-order valence-electron chi connectivity index (χ4n) is 4.13. The minimum absolute atomic E-state index is 0.0310. The number of hydrogen-bond donors (Lipinski definition) is 1. The lowest BCUT2D eigenvalue weighted by Crippen LogP contribution is -2.52. The molecule has 0 aliphatic heterocycles. The normalized spacial score (nSPS) is 12.2. The molecule has 214 valence electrons. The van der Waals surface area contributed by atoms with Gasteiger partial charge in [0.15, 0.2) is 0 Å². The van der Waals surface area contributed by atoms with Crippen molar-refractivity contribution in [3.8, 4) is 0 Å². The summed E-state index contributed by atoms with van der Waals surface area (Å²) in [6.07, 6.45) is 0.350. The quantitative estimate of drug-likeness (QED) is 0.272. The highest BCUT2D eigenvalue weighted by Crippen LogP contribution is 2.27. The zero-order valence-corrected chi connectivity index (χ0v) is 25.4. The van der Waals surface area contributed by atoms with Crippen LogP contribution in [0.5, 0.6) is 0 Å². The number of halogens is 2. The Balaban J connectivity index is 2.04. The lowest BCUT2D eigenvalue weighted by atomic mass is 10.1. The Bertz CT molecular complexity index is 1410. The maximum absolute atomic E-state index is 14.0. The minimum atomic E-state index is -4.20. The summed E-state index contributed by atoms with van der Waals surface area (Å²) < 4.78 is 28.7. The summed E-state index contributed by atoms with van der Waals surface area (Å²) in [4.78, 5) is 28.7. The fourth-order valence-corrected chi connectivity index (χ4v) is 5.84. The van der Waals surface area contributed by atoms with Gasteiger partial charge in [-0.15, -0.1) is 0 Å². The van der Waals surface area contributed by atoms with Crippen molar-refractivity contribution in [1.29, 1.82) is 0 Å². The second-order valence-corrected chi connectivity index (χ2v) is 12.8. The first-order valence-electron chi connectivity index (χ1n) is 13.1. The van der Waals surface area contributed by atoms with Crippen LogP contribution in [0.4, 0.5) is 5.69 Å². The Hall–Kier alpha value is -3.07. The van der Waals surface area contributed by atoms with Crippen LogP contribution in [-0.4, -0.2) is 44.3 Å². The maximum Gasteiger partial charge on any atom is 0.264 e. The Morgan fingerprint density at radius 3 is 2.15 bits per heavy atom. The monoisotopic (exact) mass is 603 g/mol. The van der Waals surface area contributed by atoms with Crippen LogP contribution in [0.3, 0.4) is 0 Å². The summed E-state index contributed by atoms with van der Waals surface area (Å²) in [5.41, 5.74) is 2.11. The van der Waals surface area contributed by atoms with Crippen LogP contribution in [0.15, 0.2) is 77.7 Å². The molecule has 0 bridgehead atoms. The van der Waals surface area contributed by atoms with E-state index in [-0.39, 0.29) is 29.0 Å². The highest BCUT2D eigenvalue weighted by Gasteiger charge is 2.33. The van der Waals surface area contributed by atoms with Gasteiger partial charge in [-0.1, -0.05) is 79.9 Å². The molecule has 3 aromatic carbocycles. The molecule has 0 heterocycles. The van der Waals surface area contributed by atoms with E-state index < -0.39 is 28.5 Å². The molecule has 0 aromatic heterocycles. The third-order valence-electron chi connectivity index (χ3n) is 6.32. The molecule has 10 heteroatoms. The number of nitrogens with one attached hydrogen (secondary N) is 1. The van der Waals surface area contributed by atoms with Crippen LogP contribution in [0.25, 0.3) is 0 Å². The first kappa shape index (κ1) is 31.5. The summed E-state index contributed by atoms with van der Waals surface area (Å²) in [6.45, 7) is 7.82. The van der Waals surface area contributed by atoms with Crippen molar-refractivity contribution in [3.05, 3.63) is 94.0 Å². The molecular formula is C30H35Cl2N3O4S. The molecule has 0 spiro atoms. The van der Waals surface area contributed by atoms with E-state index in [0.29, 0.717) is 23.0 Å². The fraction of sp³-hybridized carbons (Fsp3) is 0.333. The molecule has 0 unspecified atom stereocenters. The van der Waals surface area contributed by atoms with Gasteiger partial charge in [0.25, 0.3) is 10.0 Å². The number of nitrogens with zero attached hydrogens (tertiary/aromatic N) is 2. The van der Waals surface area contributed by atoms with Gasteiger partial charge < -0.3 is 10.2 Å². The largest absolute Gasteiger partial charge is 0.354 e. The molecule has 0 radical (unpaired) electrons. The summed E-state index contributed by atoms with van der Waals surface area (Å²) >= 11 is 12.2. The predicted molar refractivity (Wildman–Crippen MR) is 161 cm³/mol. The van der Waals surface area contributed by atoms with Gasteiger partial charge in [0.2, 0.25) is 11.8 Å². The maximum atomic E-state index is 14.0. The van der Waals surface area contributed by atoms with Crippen LogP contribution in [0.2, 0.25) is 10.0 Å². The highest BCUT2D eigenvalue weighted by molar-refractivity contribution is 7.92. The molecule has 1 N–H and O–H groups in total. The topological polar surface area (TPSA) is 86.8 Å². The lowest BCUT2D eigenvalue weighted by molar-refractivity contribution is -0.140. The van der Waals surface area contributed by atoms with Gasteiger partial charge in [0.1, 0.15) is 12.6 Å². The van der Waals surface area contributed by atoms with Crippen molar-refractivity contribution in [2.75, 3.05) is 17.4 Å². The average molecular weight is 605 g/mol. The number of anilines is 1. The molecule has 3 rings (SSSR count). The van der Waals surface area contributed by atoms with Gasteiger partial charge >= 0.3 is 0 Å². The Morgan fingerprint density at radius 2 is 1.57 bits per heavy atom. The van der Waals surface area contributed by atoms with E-state index in [1.807, 2.05) is 52.0 Å². The van der Waals surface area contributed by atoms with Gasteiger partial charge in [-0.25, -0.2) is 8.42 Å². The van der Waals surface area contributed by atoms with Crippen molar-refractivity contribution >= 4 is 50.7 Å². The minimum Gasteiger partial charge on any atom is -0.354 e. The molecule has 2 amide bonds. The smallest absolute Gasteiger partial charge is 0.264 e. The Kier molecular flexibility index (Phi) is 11.0. The van der Waals surface area contributed by atoms with Gasteiger partial charge in [0.05, 0.1) is 10.6 Å². The summed E-state index contributed by atoms with van der Waals surface area (Å²) in [6, 6.07) is 18.9. The summed E-state index contributed by atoms with van der Waals surface area (Å²) in [7, 11) is -4.20. The van der Waals surface area contributed by atoms with Crippen LogP contribution in [-0.2, 0) is 26.2 Å². The summed E-state index contributed by atoms with van der Waals surface area (Å²) in [5, 5.41) is 3.62. The van der Waals surface area contributed by atoms with Crippen LogP contribution < -0.4 is 9.62 Å². The lowest BCUT2D eigenvalue weighted by Gasteiger charge is -2.33. The van der Waals surface area contributed by atoms with E-state index in [2.05, 4.69) is 5.32 Å². The van der Waals surface area contributed by atoms with E-state index in [0.717, 1.165) is 15.4 Å². The number of aryl methyl sites for hydroxylation is 1. The molecule has 7 nitrogen and oxygen atoms in total. The number of carbonyl (C=O) groups excluding carboxylic acids is 2. The van der Waals surface area contributed by atoms with Crippen molar-refractivity contribution in [2.24, 2.45) is 5.92 Å². The van der Waals surface area contributed by atoms with Gasteiger partial charge in [0, 0.05) is 23.1 Å². The third kappa shape index (κ3) is 8.22. The predicted octanol–water partition coefficient (Wildman–Crippen LogP) is 6.08. The second kappa shape index (κ2) is 14.0. The third-order valence-corrected chi connectivity index (χ3v) is 8.60. The second-order valence-electron chi connectivity index (χ2n) is 10.0. The van der Waals surface area contributed by atoms with Crippen molar-refractivity contribution in [3.63, 3.8) is 0 Å². The van der Waals surface area contributed by atoms with Gasteiger partial charge in [-0.2, -0.15) is 0 Å². The number of sulfonamides is 1. The molecule has 40 heavy (non-hydrogen) atoms. The molecule has 0 aliphatic rings. The van der Waals surface area contributed by atoms with E-state index in [1.165, 1.54) is 35.2 Å². The Labute approximate surface area is 247 Å². The summed E-state index contributed by atoms with van der Waals surface area (Å²) in [5.74, 6) is -0.582. The standard InChI is InChI=1S/C30H35Cl2N3O4S/c1-5-28(30(37)33-18-21(2)3)34(19-23-11-9-22(4)10-12-23)29(36)20-35(26-8-6-7-25(32)17-26)40(38,39)27-15-13-24(31)14-16-27/h6-17,21,28H,5,18-20H2,1-4H3,(H,33,37)/t28-/m0/s1. The Morgan fingerprint density at radius 1 is 0.925 bits per heavy atom. The highest BCUT2D eigenvalue weighted by atomic mass is 35.5. The molecular weight excluding hydrogens is 569 g/mol. The molecule has 1 atom stereocenters. The average Bonchev–Trinajstić information content (AvgIpc) is 2.91. The van der Waals surface area contributed by atoms with Crippen LogP contribution in [0.1, 0.15) is 38.3 Å². The van der Waals surface area contributed by atoms with Crippen molar-refractivity contribution < 1.29 is 18.0 Å². The van der Waals surface area contributed by atoms with E-state index >= 15 is 0 Å². The number of hydrogen-bond acceptors (Lipinski definition) is 4. The zero-order valence-electron chi connectivity index (χ0n) is 23.1. The van der Waals surface area contributed by atoms with Gasteiger partial charge in [-0.05, 0) is 67.3 Å². The number of rotatable bonds is 12. The van der Waals surface area contributed by atoms with Crippen molar-refractivity contribution in [2.45, 2.75) is 51.6 Å². The number of benzene rings is 3. The van der Waals surface area contributed by atoms with Crippen LogP contribution >= 0.6 is 23.2 Å². The van der Waals surface area contributed by atoms with E-state index in [4.69, 9.17) is 23.2 Å². The molecule has 3 aromatic rings. The van der Waals surface area contributed by atoms with Crippen molar-refractivity contribution in [1.82, 2.24) is 10.2 Å². The first-order chi connectivity index (χ1) is 18.9. The van der Waals surface area contributed by atoms with E-state index in [1.54, 1.807) is 18.2 Å².